The van der Waals surface area contributed by atoms with E-state index in [4.69, 9.17) is 14.6 Å². The molecule has 2 aromatic rings. The van der Waals surface area contributed by atoms with Gasteiger partial charge in [-0.05, 0) is 23.3 Å². The summed E-state index contributed by atoms with van der Waals surface area (Å²) in [6.07, 6.45) is 0.107. The lowest BCUT2D eigenvalue weighted by Gasteiger charge is -2.32. The van der Waals surface area contributed by atoms with E-state index in [1.165, 1.54) is 0 Å². The van der Waals surface area contributed by atoms with Crippen LogP contribution in [0.25, 0.3) is 0 Å². The Bertz CT molecular complexity index is 695. The van der Waals surface area contributed by atoms with Crippen LogP contribution in [0.15, 0.2) is 54.6 Å². The van der Waals surface area contributed by atoms with Crippen LogP contribution in [0, 0.1) is 0 Å². The van der Waals surface area contributed by atoms with E-state index in [1.807, 2.05) is 54.6 Å². The number of aliphatic carboxylic acids is 1. The van der Waals surface area contributed by atoms with E-state index >= 15 is 0 Å². The molecular weight excluding hydrogens is 354 g/mol. The predicted octanol–water partition coefficient (Wildman–Crippen LogP) is 3.54. The Morgan fingerprint density at radius 3 is 2.77 bits per heavy atom. The third-order valence-electron chi connectivity index (χ3n) is 4.27. The number of carboxylic acids is 1. The minimum atomic E-state index is -0.764. The molecular formula is C20H24ClNO4. The fourth-order valence-corrected chi connectivity index (χ4v) is 2.91. The van der Waals surface area contributed by atoms with Crippen LogP contribution < -0.4 is 4.74 Å². The summed E-state index contributed by atoms with van der Waals surface area (Å²) in [6.45, 7) is 3.17. The van der Waals surface area contributed by atoms with E-state index in [0.717, 1.165) is 23.4 Å². The molecule has 0 saturated carbocycles. The van der Waals surface area contributed by atoms with Crippen molar-refractivity contribution in [2.45, 2.75) is 19.1 Å². The summed E-state index contributed by atoms with van der Waals surface area (Å²) in [7, 11) is 0. The highest BCUT2D eigenvalue weighted by Crippen LogP contribution is 2.26. The first-order valence-corrected chi connectivity index (χ1v) is 8.53. The van der Waals surface area contributed by atoms with Crippen molar-refractivity contribution in [3.63, 3.8) is 0 Å². The van der Waals surface area contributed by atoms with Crippen molar-refractivity contribution in [2.75, 3.05) is 26.2 Å². The molecule has 1 aliphatic rings. The zero-order chi connectivity index (χ0) is 17.5. The number of carbonyl (C=O) groups is 1. The zero-order valence-electron chi connectivity index (χ0n) is 14.5. The molecule has 5 nitrogen and oxygen atoms in total. The summed E-state index contributed by atoms with van der Waals surface area (Å²) in [6, 6.07) is 18.0. The Labute approximate surface area is 159 Å². The molecule has 1 saturated heterocycles. The lowest BCUT2D eigenvalue weighted by molar-refractivity contribution is -0.137. The largest absolute Gasteiger partial charge is 0.489 e. The molecule has 26 heavy (non-hydrogen) atoms. The molecule has 0 radical (unpaired) electrons. The first-order chi connectivity index (χ1) is 12.2. The molecule has 1 fully saturated rings. The van der Waals surface area contributed by atoms with Crippen molar-refractivity contribution in [1.82, 2.24) is 4.90 Å². The second-order valence-electron chi connectivity index (χ2n) is 6.15. The van der Waals surface area contributed by atoms with Gasteiger partial charge in [-0.1, -0.05) is 42.5 Å². The van der Waals surface area contributed by atoms with Crippen LogP contribution in [0.1, 0.15) is 23.7 Å². The molecule has 0 bridgehead atoms. The number of ether oxygens (including phenoxy) is 2. The highest BCUT2D eigenvalue weighted by Gasteiger charge is 2.22. The SMILES string of the molecule is Cl.O=C(O)CCN1CCOC(c2cccc(OCc3ccccc3)c2)C1. The van der Waals surface area contributed by atoms with Crippen molar-refractivity contribution >= 4 is 18.4 Å². The molecule has 1 N–H and O–H groups in total. The summed E-state index contributed by atoms with van der Waals surface area (Å²) < 4.78 is 11.8. The average molecular weight is 378 g/mol. The number of morpholine rings is 1. The number of rotatable bonds is 7. The van der Waals surface area contributed by atoms with Gasteiger partial charge in [0.15, 0.2) is 0 Å². The van der Waals surface area contributed by atoms with Gasteiger partial charge < -0.3 is 14.6 Å². The Balaban J connectivity index is 0.00000243. The lowest BCUT2D eigenvalue weighted by atomic mass is 10.1. The zero-order valence-corrected chi connectivity index (χ0v) is 15.4. The molecule has 2 aromatic carbocycles. The Kier molecular flexibility index (Phi) is 7.91. The molecule has 0 amide bonds. The smallest absolute Gasteiger partial charge is 0.304 e. The highest BCUT2D eigenvalue weighted by atomic mass is 35.5. The van der Waals surface area contributed by atoms with Crippen LogP contribution in [0.3, 0.4) is 0 Å². The molecule has 0 aliphatic carbocycles. The van der Waals surface area contributed by atoms with Gasteiger partial charge in [-0.3, -0.25) is 9.69 Å². The van der Waals surface area contributed by atoms with E-state index in [2.05, 4.69) is 4.90 Å². The van der Waals surface area contributed by atoms with E-state index in [9.17, 15) is 4.79 Å². The minimum Gasteiger partial charge on any atom is -0.489 e. The molecule has 3 rings (SSSR count). The third-order valence-corrected chi connectivity index (χ3v) is 4.27. The fourth-order valence-electron chi connectivity index (χ4n) is 2.91. The maximum Gasteiger partial charge on any atom is 0.304 e. The van der Waals surface area contributed by atoms with Gasteiger partial charge in [0.05, 0.1) is 19.1 Å². The van der Waals surface area contributed by atoms with Crippen LogP contribution in [0.4, 0.5) is 0 Å². The van der Waals surface area contributed by atoms with Crippen molar-refractivity contribution in [3.05, 3.63) is 65.7 Å². The minimum absolute atomic E-state index is 0. The van der Waals surface area contributed by atoms with Gasteiger partial charge in [-0.2, -0.15) is 0 Å². The van der Waals surface area contributed by atoms with E-state index in [-0.39, 0.29) is 24.9 Å². The summed E-state index contributed by atoms with van der Waals surface area (Å²) >= 11 is 0. The maximum absolute atomic E-state index is 10.8. The van der Waals surface area contributed by atoms with E-state index in [0.29, 0.717) is 26.3 Å². The number of carboxylic acid groups (broad SMARTS) is 1. The first kappa shape index (κ1) is 20.2. The molecule has 0 aromatic heterocycles. The number of benzene rings is 2. The topological polar surface area (TPSA) is 59.0 Å². The summed E-state index contributed by atoms with van der Waals surface area (Å²) in [5.74, 6) is 0.0481. The van der Waals surface area contributed by atoms with Gasteiger partial charge in [-0.15, -0.1) is 12.4 Å². The van der Waals surface area contributed by atoms with Crippen LogP contribution >= 0.6 is 12.4 Å². The van der Waals surface area contributed by atoms with Gasteiger partial charge in [0, 0.05) is 19.6 Å². The number of hydrogen-bond acceptors (Lipinski definition) is 4. The Morgan fingerprint density at radius 1 is 1.19 bits per heavy atom. The fraction of sp³-hybridized carbons (Fsp3) is 0.350. The second kappa shape index (κ2) is 10.2. The molecule has 140 valence electrons. The molecule has 1 aliphatic heterocycles. The average Bonchev–Trinajstić information content (AvgIpc) is 2.66. The molecule has 1 unspecified atom stereocenters. The molecule has 0 spiro atoms. The van der Waals surface area contributed by atoms with Crippen LogP contribution in [-0.4, -0.2) is 42.2 Å². The normalized spacial score (nSPS) is 17.3. The van der Waals surface area contributed by atoms with Gasteiger partial charge in [0.2, 0.25) is 0 Å². The van der Waals surface area contributed by atoms with Gasteiger partial charge in [0.1, 0.15) is 12.4 Å². The van der Waals surface area contributed by atoms with Gasteiger partial charge in [-0.25, -0.2) is 0 Å². The Hall–Kier alpha value is -2.08. The van der Waals surface area contributed by atoms with E-state index < -0.39 is 5.97 Å². The first-order valence-electron chi connectivity index (χ1n) is 8.53. The maximum atomic E-state index is 10.8. The van der Waals surface area contributed by atoms with Crippen LogP contribution in [0.5, 0.6) is 5.75 Å². The van der Waals surface area contributed by atoms with Crippen molar-refractivity contribution in [1.29, 1.82) is 0 Å². The van der Waals surface area contributed by atoms with Crippen LogP contribution in [0.2, 0.25) is 0 Å². The number of nitrogens with zero attached hydrogens (tertiary/aromatic N) is 1. The predicted molar refractivity (Wildman–Crippen MR) is 102 cm³/mol. The molecule has 1 heterocycles. The third kappa shape index (κ3) is 6.02. The van der Waals surface area contributed by atoms with Gasteiger partial charge in [0.25, 0.3) is 0 Å². The lowest BCUT2D eigenvalue weighted by Crippen LogP contribution is -2.39. The van der Waals surface area contributed by atoms with Crippen LogP contribution in [-0.2, 0) is 16.1 Å². The number of halogens is 1. The summed E-state index contributed by atoms with van der Waals surface area (Å²) in [5, 5.41) is 8.84. The standard InChI is InChI=1S/C20H23NO4.ClH/c22-20(23)9-10-21-11-12-24-19(14-21)17-7-4-8-18(13-17)25-15-16-5-2-1-3-6-16;/h1-8,13,19H,9-12,14-15H2,(H,22,23);1H. The monoisotopic (exact) mass is 377 g/mol. The van der Waals surface area contributed by atoms with E-state index in [1.54, 1.807) is 0 Å². The second-order valence-corrected chi connectivity index (χ2v) is 6.15. The highest BCUT2D eigenvalue weighted by molar-refractivity contribution is 5.85. The van der Waals surface area contributed by atoms with Crippen molar-refractivity contribution in [2.24, 2.45) is 0 Å². The molecule has 1 atom stereocenters. The quantitative estimate of drug-likeness (QED) is 0.799. The summed E-state index contributed by atoms with van der Waals surface area (Å²) in [5.41, 5.74) is 2.19. The van der Waals surface area contributed by atoms with Crippen molar-refractivity contribution < 1.29 is 19.4 Å². The number of hydrogen-bond donors (Lipinski definition) is 1. The van der Waals surface area contributed by atoms with Gasteiger partial charge >= 0.3 is 5.97 Å². The summed E-state index contributed by atoms with van der Waals surface area (Å²) in [4.78, 5) is 12.9. The molecule has 6 heteroatoms. The Morgan fingerprint density at radius 2 is 2.00 bits per heavy atom. The van der Waals surface area contributed by atoms with Crippen molar-refractivity contribution in [3.8, 4) is 5.75 Å².